The highest BCUT2D eigenvalue weighted by Gasteiger charge is 2.09. The van der Waals surface area contributed by atoms with Crippen LogP contribution in [0.25, 0.3) is 10.1 Å². The minimum Gasteiger partial charge on any atom is -0.497 e. The van der Waals surface area contributed by atoms with Crippen LogP contribution in [-0.4, -0.2) is 18.2 Å². The van der Waals surface area contributed by atoms with Gasteiger partial charge in [0.1, 0.15) is 18.1 Å². The molecular weight excluding hydrogens is 300 g/mol. The van der Waals surface area contributed by atoms with Gasteiger partial charge in [-0.3, -0.25) is 0 Å². The fourth-order valence-corrected chi connectivity index (χ4v) is 3.15. The standard InChI is InChI=1S/C17H14O4S/c1-20-13-3-5-14(6-4-13)21-9-12-10-22-16-8-11(17(18)19)2-7-15(12)16/h2-8,10H,9H2,1H3,(H,18,19). The van der Waals surface area contributed by atoms with Gasteiger partial charge in [-0.25, -0.2) is 4.79 Å². The van der Waals surface area contributed by atoms with Gasteiger partial charge in [0.15, 0.2) is 0 Å². The monoisotopic (exact) mass is 314 g/mol. The number of aromatic carboxylic acids is 1. The lowest BCUT2D eigenvalue weighted by molar-refractivity contribution is 0.0697. The molecule has 2 aromatic carbocycles. The molecule has 0 saturated heterocycles. The van der Waals surface area contributed by atoms with Gasteiger partial charge >= 0.3 is 5.97 Å². The van der Waals surface area contributed by atoms with Crippen LogP contribution in [0.4, 0.5) is 0 Å². The SMILES string of the molecule is COc1ccc(OCc2csc3cc(C(=O)O)ccc23)cc1. The molecule has 0 amide bonds. The third kappa shape index (κ3) is 2.89. The topological polar surface area (TPSA) is 55.8 Å². The van der Waals surface area contributed by atoms with Gasteiger partial charge in [-0.2, -0.15) is 0 Å². The molecule has 1 N–H and O–H groups in total. The largest absolute Gasteiger partial charge is 0.497 e. The third-order valence-corrected chi connectivity index (χ3v) is 4.35. The van der Waals surface area contributed by atoms with E-state index in [9.17, 15) is 4.79 Å². The van der Waals surface area contributed by atoms with Crippen LogP contribution >= 0.6 is 11.3 Å². The quantitative estimate of drug-likeness (QED) is 0.767. The van der Waals surface area contributed by atoms with Crippen molar-refractivity contribution >= 4 is 27.4 Å². The molecule has 0 saturated carbocycles. The average molecular weight is 314 g/mol. The van der Waals surface area contributed by atoms with E-state index in [2.05, 4.69) is 0 Å². The molecule has 0 radical (unpaired) electrons. The molecule has 22 heavy (non-hydrogen) atoms. The maximum atomic E-state index is 11.0. The Morgan fingerprint density at radius 2 is 1.86 bits per heavy atom. The van der Waals surface area contributed by atoms with E-state index >= 15 is 0 Å². The van der Waals surface area contributed by atoms with Crippen molar-refractivity contribution in [2.45, 2.75) is 6.61 Å². The van der Waals surface area contributed by atoms with Gasteiger partial charge in [-0.05, 0) is 47.2 Å². The molecule has 0 aliphatic rings. The van der Waals surface area contributed by atoms with Crippen LogP contribution in [0.5, 0.6) is 11.5 Å². The Balaban J connectivity index is 1.77. The molecule has 3 rings (SSSR count). The average Bonchev–Trinajstić information content (AvgIpc) is 2.95. The Hall–Kier alpha value is -2.53. The Morgan fingerprint density at radius 1 is 1.14 bits per heavy atom. The molecule has 5 heteroatoms. The Morgan fingerprint density at radius 3 is 2.55 bits per heavy atom. The molecule has 0 bridgehead atoms. The van der Waals surface area contributed by atoms with Crippen LogP contribution < -0.4 is 9.47 Å². The summed E-state index contributed by atoms with van der Waals surface area (Å²) in [6.45, 7) is 0.443. The summed E-state index contributed by atoms with van der Waals surface area (Å²) in [7, 11) is 1.62. The smallest absolute Gasteiger partial charge is 0.335 e. The molecular formula is C17H14O4S. The second-order valence-corrected chi connectivity index (χ2v) is 5.65. The highest BCUT2D eigenvalue weighted by molar-refractivity contribution is 7.17. The van der Waals surface area contributed by atoms with E-state index in [0.717, 1.165) is 27.1 Å². The number of benzene rings is 2. The summed E-state index contributed by atoms with van der Waals surface area (Å²) < 4.78 is 11.8. The van der Waals surface area contributed by atoms with Gasteiger partial charge in [-0.15, -0.1) is 11.3 Å². The van der Waals surface area contributed by atoms with Crippen molar-refractivity contribution in [1.82, 2.24) is 0 Å². The zero-order chi connectivity index (χ0) is 15.5. The van der Waals surface area contributed by atoms with E-state index in [4.69, 9.17) is 14.6 Å². The number of carbonyl (C=O) groups is 1. The summed E-state index contributed by atoms with van der Waals surface area (Å²) in [5.74, 6) is 0.642. The number of thiophene rings is 1. The summed E-state index contributed by atoms with van der Waals surface area (Å²) in [5.41, 5.74) is 1.35. The van der Waals surface area contributed by atoms with Crippen molar-refractivity contribution in [2.75, 3.05) is 7.11 Å². The molecule has 0 spiro atoms. The van der Waals surface area contributed by atoms with E-state index in [0.29, 0.717) is 12.2 Å². The number of carboxylic acid groups (broad SMARTS) is 1. The number of rotatable bonds is 5. The van der Waals surface area contributed by atoms with Crippen molar-refractivity contribution in [3.8, 4) is 11.5 Å². The van der Waals surface area contributed by atoms with Crippen molar-refractivity contribution in [2.24, 2.45) is 0 Å². The normalized spacial score (nSPS) is 10.6. The summed E-state index contributed by atoms with van der Waals surface area (Å²) in [6, 6.07) is 12.6. The third-order valence-electron chi connectivity index (χ3n) is 3.36. The molecule has 1 heterocycles. The van der Waals surface area contributed by atoms with Gasteiger partial charge in [0.2, 0.25) is 0 Å². The number of fused-ring (bicyclic) bond motifs is 1. The zero-order valence-electron chi connectivity index (χ0n) is 11.9. The van der Waals surface area contributed by atoms with Crippen LogP contribution in [-0.2, 0) is 6.61 Å². The highest BCUT2D eigenvalue weighted by atomic mass is 32.1. The van der Waals surface area contributed by atoms with Crippen LogP contribution in [0.1, 0.15) is 15.9 Å². The van der Waals surface area contributed by atoms with Crippen LogP contribution in [0, 0.1) is 0 Å². The van der Waals surface area contributed by atoms with Crippen LogP contribution in [0.2, 0.25) is 0 Å². The Kier molecular flexibility index (Phi) is 3.98. The molecule has 0 atom stereocenters. The fourth-order valence-electron chi connectivity index (χ4n) is 2.16. The van der Waals surface area contributed by atoms with E-state index in [1.807, 2.05) is 35.7 Å². The lowest BCUT2D eigenvalue weighted by Crippen LogP contribution is -1.96. The van der Waals surface area contributed by atoms with Crippen molar-refractivity contribution < 1.29 is 19.4 Å². The van der Waals surface area contributed by atoms with Gasteiger partial charge in [0.05, 0.1) is 12.7 Å². The Labute approximate surface area is 131 Å². The molecule has 1 aromatic heterocycles. The van der Waals surface area contributed by atoms with Gasteiger partial charge < -0.3 is 14.6 Å². The first-order chi connectivity index (χ1) is 10.7. The summed E-state index contributed by atoms with van der Waals surface area (Å²) in [4.78, 5) is 11.0. The number of carboxylic acids is 1. The number of methoxy groups -OCH3 is 1. The summed E-state index contributed by atoms with van der Waals surface area (Å²) >= 11 is 1.52. The lowest BCUT2D eigenvalue weighted by Gasteiger charge is -2.06. The van der Waals surface area contributed by atoms with E-state index in [-0.39, 0.29) is 0 Å². The molecule has 0 unspecified atom stereocenters. The van der Waals surface area contributed by atoms with Crippen molar-refractivity contribution in [3.63, 3.8) is 0 Å². The number of hydrogen-bond donors (Lipinski definition) is 1. The predicted octanol–water partition coefficient (Wildman–Crippen LogP) is 4.19. The van der Waals surface area contributed by atoms with Crippen LogP contribution in [0.3, 0.4) is 0 Å². The molecule has 3 aromatic rings. The molecule has 4 nitrogen and oxygen atoms in total. The highest BCUT2D eigenvalue weighted by Crippen LogP contribution is 2.28. The summed E-state index contributed by atoms with van der Waals surface area (Å²) in [6.07, 6.45) is 0. The zero-order valence-corrected chi connectivity index (χ0v) is 12.7. The first-order valence-corrected chi connectivity index (χ1v) is 7.55. The first-order valence-electron chi connectivity index (χ1n) is 6.67. The second-order valence-electron chi connectivity index (χ2n) is 4.74. The number of hydrogen-bond acceptors (Lipinski definition) is 4. The van der Waals surface area contributed by atoms with Gasteiger partial charge in [0.25, 0.3) is 0 Å². The van der Waals surface area contributed by atoms with Crippen molar-refractivity contribution in [1.29, 1.82) is 0 Å². The molecule has 0 fully saturated rings. The predicted molar refractivity (Wildman–Crippen MR) is 86.1 cm³/mol. The summed E-state index contributed by atoms with van der Waals surface area (Å²) in [5, 5.41) is 12.0. The number of ether oxygens (including phenoxy) is 2. The van der Waals surface area contributed by atoms with Crippen molar-refractivity contribution in [3.05, 3.63) is 59.0 Å². The fraction of sp³-hybridized carbons (Fsp3) is 0.118. The van der Waals surface area contributed by atoms with Gasteiger partial charge in [-0.1, -0.05) is 6.07 Å². The van der Waals surface area contributed by atoms with E-state index < -0.39 is 5.97 Å². The Bertz CT molecular complexity index is 805. The minimum atomic E-state index is -0.911. The first kappa shape index (κ1) is 14.4. The maximum Gasteiger partial charge on any atom is 0.335 e. The molecule has 0 aliphatic carbocycles. The van der Waals surface area contributed by atoms with Crippen LogP contribution in [0.15, 0.2) is 47.8 Å². The van der Waals surface area contributed by atoms with E-state index in [1.165, 1.54) is 11.3 Å². The maximum absolute atomic E-state index is 11.0. The molecule has 0 aliphatic heterocycles. The lowest BCUT2D eigenvalue weighted by atomic mass is 10.1. The van der Waals surface area contributed by atoms with Gasteiger partial charge in [0, 0.05) is 10.3 Å². The molecule has 112 valence electrons. The minimum absolute atomic E-state index is 0.303. The second kappa shape index (κ2) is 6.07. The van der Waals surface area contributed by atoms with E-state index in [1.54, 1.807) is 19.2 Å².